The van der Waals surface area contributed by atoms with Crippen molar-refractivity contribution in [3.63, 3.8) is 0 Å². The molecule has 1 heterocycles. The minimum Gasteiger partial charge on any atom is -0.453 e. The van der Waals surface area contributed by atoms with Crippen LogP contribution in [0, 0.1) is 0 Å². The number of nitrogens with one attached hydrogen (secondary N) is 1. The molecule has 0 saturated heterocycles. The molecule has 0 unspecified atom stereocenters. The number of rotatable bonds is 0. The predicted molar refractivity (Wildman–Crippen MR) is 129 cm³/mol. The van der Waals surface area contributed by atoms with Crippen LogP contribution in [-0.2, 0) is 10.8 Å². The highest BCUT2D eigenvalue weighted by Crippen LogP contribution is 2.46. The summed E-state index contributed by atoms with van der Waals surface area (Å²) in [7, 11) is 0. The molecule has 0 spiro atoms. The number of anilines is 2. The molecule has 0 aromatic heterocycles. The van der Waals surface area contributed by atoms with E-state index in [4.69, 9.17) is 4.74 Å². The number of benzene rings is 4. The van der Waals surface area contributed by atoms with Crippen molar-refractivity contribution < 1.29 is 4.74 Å². The van der Waals surface area contributed by atoms with Crippen molar-refractivity contribution in [1.29, 1.82) is 0 Å². The highest BCUT2D eigenvalue weighted by atomic mass is 16.5. The van der Waals surface area contributed by atoms with Crippen LogP contribution in [0.5, 0.6) is 11.5 Å². The van der Waals surface area contributed by atoms with E-state index in [1.54, 1.807) is 0 Å². The van der Waals surface area contributed by atoms with Gasteiger partial charge in [0.25, 0.3) is 0 Å². The Kier molecular flexibility index (Phi) is 3.96. The number of fused-ring (bicyclic) bond motifs is 4. The molecule has 5 rings (SSSR count). The van der Waals surface area contributed by atoms with Gasteiger partial charge in [0.05, 0.1) is 11.4 Å². The van der Waals surface area contributed by atoms with Crippen LogP contribution >= 0.6 is 0 Å². The zero-order valence-electron chi connectivity index (χ0n) is 18.7. The molecule has 30 heavy (non-hydrogen) atoms. The zero-order chi connectivity index (χ0) is 21.3. The topological polar surface area (TPSA) is 21.3 Å². The lowest BCUT2D eigenvalue weighted by Crippen LogP contribution is -2.11. The van der Waals surface area contributed by atoms with Gasteiger partial charge in [0, 0.05) is 0 Å². The van der Waals surface area contributed by atoms with Crippen molar-refractivity contribution in [2.45, 2.75) is 52.4 Å². The molecule has 1 N–H and O–H groups in total. The fraction of sp³-hybridized carbons (Fsp3) is 0.286. The molecule has 0 atom stereocenters. The molecular weight excluding hydrogens is 366 g/mol. The zero-order valence-corrected chi connectivity index (χ0v) is 18.7. The third kappa shape index (κ3) is 3.21. The van der Waals surface area contributed by atoms with Crippen LogP contribution in [0.3, 0.4) is 0 Å². The van der Waals surface area contributed by atoms with Crippen molar-refractivity contribution >= 4 is 32.9 Å². The van der Waals surface area contributed by atoms with Gasteiger partial charge in [-0.1, -0.05) is 77.9 Å². The van der Waals surface area contributed by atoms with Crippen LogP contribution in [-0.4, -0.2) is 0 Å². The molecule has 4 aromatic carbocycles. The van der Waals surface area contributed by atoms with Gasteiger partial charge >= 0.3 is 0 Å². The largest absolute Gasteiger partial charge is 0.453 e. The van der Waals surface area contributed by atoms with Crippen molar-refractivity contribution in [2.75, 3.05) is 5.32 Å². The van der Waals surface area contributed by atoms with E-state index in [1.165, 1.54) is 32.7 Å². The SMILES string of the molecule is CC(C)(C)c1ccc2cc3c(cc2c1)Oc1cc2cc(C(C)(C)C)ccc2cc1N3. The summed E-state index contributed by atoms with van der Waals surface area (Å²) in [6.45, 7) is 13.5. The van der Waals surface area contributed by atoms with Crippen molar-refractivity contribution in [3.05, 3.63) is 71.8 Å². The van der Waals surface area contributed by atoms with Crippen LogP contribution in [0.1, 0.15) is 52.7 Å². The molecule has 2 nitrogen and oxygen atoms in total. The molecule has 0 radical (unpaired) electrons. The fourth-order valence-corrected chi connectivity index (χ4v) is 4.11. The second-order valence-corrected chi connectivity index (χ2v) is 10.5. The normalized spacial score (nSPS) is 13.5. The van der Waals surface area contributed by atoms with E-state index in [9.17, 15) is 0 Å². The maximum absolute atomic E-state index is 6.38. The second-order valence-electron chi connectivity index (χ2n) is 10.5. The molecule has 0 bridgehead atoms. The van der Waals surface area contributed by atoms with Gasteiger partial charge in [-0.3, -0.25) is 0 Å². The average Bonchev–Trinajstić information content (AvgIpc) is 2.66. The minimum atomic E-state index is 0.124. The van der Waals surface area contributed by atoms with E-state index in [2.05, 4.69) is 108 Å². The maximum Gasteiger partial charge on any atom is 0.151 e. The first-order valence-electron chi connectivity index (χ1n) is 10.7. The van der Waals surface area contributed by atoms with Crippen LogP contribution in [0.2, 0.25) is 0 Å². The van der Waals surface area contributed by atoms with Crippen LogP contribution in [0.4, 0.5) is 11.4 Å². The predicted octanol–water partition coefficient (Wildman–Crippen LogP) is 8.44. The van der Waals surface area contributed by atoms with Crippen LogP contribution in [0.15, 0.2) is 60.7 Å². The van der Waals surface area contributed by atoms with E-state index in [0.29, 0.717) is 0 Å². The summed E-state index contributed by atoms with van der Waals surface area (Å²) in [4.78, 5) is 0. The summed E-state index contributed by atoms with van der Waals surface area (Å²) in [5, 5.41) is 8.45. The Bertz CT molecular complexity index is 1200. The van der Waals surface area contributed by atoms with E-state index in [-0.39, 0.29) is 10.8 Å². The Hall–Kier alpha value is -3.00. The van der Waals surface area contributed by atoms with Crippen LogP contribution < -0.4 is 10.1 Å². The Morgan fingerprint density at radius 2 is 0.967 bits per heavy atom. The molecule has 2 heteroatoms. The lowest BCUT2D eigenvalue weighted by molar-refractivity contribution is 0.482. The Labute approximate surface area is 178 Å². The summed E-state index contributed by atoms with van der Waals surface area (Å²) in [5.74, 6) is 1.76. The minimum absolute atomic E-state index is 0.124. The molecule has 0 fully saturated rings. The molecule has 4 aromatic rings. The van der Waals surface area contributed by atoms with Gasteiger partial charge < -0.3 is 10.1 Å². The molecule has 152 valence electrons. The monoisotopic (exact) mass is 395 g/mol. The second kappa shape index (κ2) is 6.25. The van der Waals surface area contributed by atoms with Gasteiger partial charge in [-0.25, -0.2) is 0 Å². The van der Waals surface area contributed by atoms with E-state index in [0.717, 1.165) is 22.9 Å². The highest BCUT2D eigenvalue weighted by molar-refractivity contribution is 5.95. The van der Waals surface area contributed by atoms with Gasteiger partial charge in [0.15, 0.2) is 11.5 Å². The molecule has 0 aliphatic carbocycles. The molecule has 1 aliphatic heterocycles. The molecule has 1 aliphatic rings. The van der Waals surface area contributed by atoms with E-state index in [1.807, 2.05) is 0 Å². The fourth-order valence-electron chi connectivity index (χ4n) is 4.11. The molecule has 0 amide bonds. The smallest absolute Gasteiger partial charge is 0.151 e. The summed E-state index contributed by atoms with van der Waals surface area (Å²) in [5.41, 5.74) is 4.95. The Balaban J connectivity index is 1.59. The van der Waals surface area contributed by atoms with Gasteiger partial charge in [0.2, 0.25) is 0 Å². The third-order valence-corrected chi connectivity index (χ3v) is 6.10. The summed E-state index contributed by atoms with van der Waals surface area (Å²) < 4.78 is 6.38. The average molecular weight is 396 g/mol. The summed E-state index contributed by atoms with van der Waals surface area (Å²) >= 11 is 0. The summed E-state index contributed by atoms with van der Waals surface area (Å²) in [6.07, 6.45) is 0. The quantitative estimate of drug-likeness (QED) is 0.284. The Morgan fingerprint density at radius 3 is 1.37 bits per heavy atom. The van der Waals surface area contributed by atoms with Crippen molar-refractivity contribution in [3.8, 4) is 11.5 Å². The first-order valence-corrected chi connectivity index (χ1v) is 10.7. The number of ether oxygens (including phenoxy) is 1. The van der Waals surface area contributed by atoms with Gasteiger partial charge in [-0.05, 0) is 67.8 Å². The van der Waals surface area contributed by atoms with Gasteiger partial charge in [-0.2, -0.15) is 0 Å². The lowest BCUT2D eigenvalue weighted by Gasteiger charge is -2.25. The standard InChI is InChI=1S/C28H29NO/c1-27(2,3)21-9-7-17-13-23-25(15-19(17)11-21)30-26-16-20-12-22(28(4,5)6)10-8-18(20)14-24(26)29-23/h7-16,29H,1-6H3. The maximum atomic E-state index is 6.38. The molecular formula is C28H29NO. The van der Waals surface area contributed by atoms with Gasteiger partial charge in [0.1, 0.15) is 0 Å². The van der Waals surface area contributed by atoms with Gasteiger partial charge in [-0.15, -0.1) is 0 Å². The third-order valence-electron chi connectivity index (χ3n) is 6.10. The lowest BCUT2D eigenvalue weighted by atomic mass is 9.85. The van der Waals surface area contributed by atoms with E-state index >= 15 is 0 Å². The van der Waals surface area contributed by atoms with Crippen molar-refractivity contribution in [1.82, 2.24) is 0 Å². The molecule has 0 saturated carbocycles. The van der Waals surface area contributed by atoms with Crippen molar-refractivity contribution in [2.24, 2.45) is 0 Å². The van der Waals surface area contributed by atoms with E-state index < -0.39 is 0 Å². The first-order chi connectivity index (χ1) is 14.1. The number of hydrogen-bond acceptors (Lipinski definition) is 2. The Morgan fingerprint density at radius 1 is 0.533 bits per heavy atom. The number of hydrogen-bond donors (Lipinski definition) is 1. The highest BCUT2D eigenvalue weighted by Gasteiger charge is 2.20. The summed E-state index contributed by atoms with van der Waals surface area (Å²) in [6, 6.07) is 22.1. The van der Waals surface area contributed by atoms with Crippen LogP contribution in [0.25, 0.3) is 21.5 Å². The first kappa shape index (κ1) is 19.0.